The Labute approximate surface area is 109 Å². The molecule has 3 nitrogen and oxygen atoms in total. The number of anilines is 1. The van der Waals surface area contributed by atoms with E-state index in [1.165, 1.54) is 25.7 Å². The first-order chi connectivity index (χ1) is 8.63. The molecular weight excluding hydrogens is 224 g/mol. The lowest BCUT2D eigenvalue weighted by molar-refractivity contribution is 0.1000. The summed E-state index contributed by atoms with van der Waals surface area (Å²) in [4.78, 5) is 11.3. The van der Waals surface area contributed by atoms with E-state index in [0.717, 1.165) is 17.2 Å². The lowest BCUT2D eigenvalue weighted by atomic mass is 10.0. The molecule has 0 aromatic heterocycles. The number of carbonyl (C=O) groups is 1. The zero-order valence-electron chi connectivity index (χ0n) is 11.2. The van der Waals surface area contributed by atoms with E-state index >= 15 is 0 Å². The van der Waals surface area contributed by atoms with Crippen molar-refractivity contribution in [1.82, 2.24) is 0 Å². The highest BCUT2D eigenvalue weighted by Gasteiger charge is 2.30. The van der Waals surface area contributed by atoms with Gasteiger partial charge in [0.2, 0.25) is 5.91 Å². The first-order valence-corrected chi connectivity index (χ1v) is 6.79. The van der Waals surface area contributed by atoms with Crippen molar-refractivity contribution in [3.63, 3.8) is 0 Å². The number of hydrogen-bond acceptors (Lipinski definition) is 2. The second-order valence-electron chi connectivity index (χ2n) is 5.22. The largest absolute Gasteiger partial charge is 0.382 e. The second-order valence-corrected chi connectivity index (χ2v) is 5.22. The van der Waals surface area contributed by atoms with Gasteiger partial charge in [0.15, 0.2) is 0 Å². The average Bonchev–Trinajstić information content (AvgIpc) is 3.14. The van der Waals surface area contributed by atoms with E-state index in [-0.39, 0.29) is 5.91 Å². The average molecular weight is 246 g/mol. The molecule has 3 heteroatoms. The summed E-state index contributed by atoms with van der Waals surface area (Å²) in [5, 5.41) is 3.60. The molecule has 2 rings (SSSR count). The minimum absolute atomic E-state index is 0.352. The molecule has 1 aromatic rings. The van der Waals surface area contributed by atoms with Gasteiger partial charge in [-0.3, -0.25) is 4.79 Å². The van der Waals surface area contributed by atoms with Crippen LogP contribution in [-0.2, 0) is 0 Å². The standard InChI is InChI=1S/C15H22N2O/c1-3-5-14(11-8-9-11)17-13-7-4-6-12(10(13)2)15(16)18/h4,6-7,11,14,17H,3,5,8-9H2,1-2H3,(H2,16,18). The Morgan fingerprint density at radius 1 is 1.50 bits per heavy atom. The summed E-state index contributed by atoms with van der Waals surface area (Å²) in [6, 6.07) is 6.25. The number of benzene rings is 1. The predicted octanol–water partition coefficient (Wildman–Crippen LogP) is 3.08. The molecule has 0 saturated heterocycles. The van der Waals surface area contributed by atoms with Gasteiger partial charge in [-0.1, -0.05) is 19.4 Å². The van der Waals surface area contributed by atoms with Crippen molar-refractivity contribution in [1.29, 1.82) is 0 Å². The lowest BCUT2D eigenvalue weighted by Crippen LogP contribution is -2.23. The van der Waals surface area contributed by atoms with Gasteiger partial charge in [0.25, 0.3) is 0 Å². The highest BCUT2D eigenvalue weighted by Crippen LogP contribution is 2.36. The molecular formula is C15H22N2O. The van der Waals surface area contributed by atoms with Crippen molar-refractivity contribution in [2.24, 2.45) is 11.7 Å². The predicted molar refractivity (Wildman–Crippen MR) is 74.7 cm³/mol. The van der Waals surface area contributed by atoms with Crippen LogP contribution in [0, 0.1) is 12.8 Å². The minimum Gasteiger partial charge on any atom is -0.382 e. The van der Waals surface area contributed by atoms with Gasteiger partial charge in [-0.25, -0.2) is 0 Å². The first-order valence-electron chi connectivity index (χ1n) is 6.79. The van der Waals surface area contributed by atoms with E-state index in [2.05, 4.69) is 12.2 Å². The highest BCUT2D eigenvalue weighted by atomic mass is 16.1. The Morgan fingerprint density at radius 3 is 2.78 bits per heavy atom. The van der Waals surface area contributed by atoms with Crippen molar-refractivity contribution < 1.29 is 4.79 Å². The number of hydrogen-bond donors (Lipinski definition) is 2. The quantitative estimate of drug-likeness (QED) is 0.810. The summed E-state index contributed by atoms with van der Waals surface area (Å²) in [6.07, 6.45) is 5.02. The Morgan fingerprint density at radius 2 is 2.22 bits per heavy atom. The van der Waals surface area contributed by atoms with Crippen LogP contribution >= 0.6 is 0 Å². The van der Waals surface area contributed by atoms with Crippen LogP contribution in [0.4, 0.5) is 5.69 Å². The number of carbonyl (C=O) groups excluding carboxylic acids is 1. The molecule has 3 N–H and O–H groups in total. The summed E-state index contributed by atoms with van der Waals surface area (Å²) < 4.78 is 0. The van der Waals surface area contributed by atoms with Gasteiger partial charge in [-0.05, 0) is 49.8 Å². The fourth-order valence-electron chi connectivity index (χ4n) is 2.49. The molecule has 98 valence electrons. The number of nitrogens with one attached hydrogen (secondary N) is 1. The van der Waals surface area contributed by atoms with Crippen molar-refractivity contribution in [2.75, 3.05) is 5.32 Å². The van der Waals surface area contributed by atoms with Gasteiger partial charge >= 0.3 is 0 Å². The molecule has 18 heavy (non-hydrogen) atoms. The number of primary amides is 1. The summed E-state index contributed by atoms with van der Waals surface area (Å²) in [7, 11) is 0. The maximum atomic E-state index is 11.3. The summed E-state index contributed by atoms with van der Waals surface area (Å²) in [6.45, 7) is 4.17. The topological polar surface area (TPSA) is 55.1 Å². The van der Waals surface area contributed by atoms with Gasteiger partial charge in [0.1, 0.15) is 0 Å². The molecule has 1 amide bonds. The third-order valence-corrected chi connectivity index (χ3v) is 3.73. The minimum atomic E-state index is -0.352. The molecule has 1 aliphatic rings. The van der Waals surface area contributed by atoms with Crippen LogP contribution in [0.2, 0.25) is 0 Å². The number of amides is 1. The van der Waals surface area contributed by atoms with Crippen molar-refractivity contribution in [3.05, 3.63) is 29.3 Å². The van der Waals surface area contributed by atoms with Crippen LogP contribution in [0.5, 0.6) is 0 Å². The Hall–Kier alpha value is -1.51. The molecule has 1 aliphatic carbocycles. The van der Waals surface area contributed by atoms with Crippen LogP contribution in [-0.4, -0.2) is 11.9 Å². The SMILES string of the molecule is CCCC(Nc1cccc(C(N)=O)c1C)C1CC1. The summed E-state index contributed by atoms with van der Waals surface area (Å²) in [5.74, 6) is 0.455. The molecule has 1 aromatic carbocycles. The van der Waals surface area contributed by atoms with E-state index in [1.54, 1.807) is 6.07 Å². The summed E-state index contributed by atoms with van der Waals surface area (Å²) in [5.41, 5.74) is 8.01. The van der Waals surface area contributed by atoms with Gasteiger partial charge in [-0.2, -0.15) is 0 Å². The van der Waals surface area contributed by atoms with Gasteiger partial charge in [0, 0.05) is 17.3 Å². The second kappa shape index (κ2) is 5.42. The normalized spacial score (nSPS) is 16.3. The maximum Gasteiger partial charge on any atom is 0.249 e. The van der Waals surface area contributed by atoms with Crippen molar-refractivity contribution in [3.8, 4) is 0 Å². The smallest absolute Gasteiger partial charge is 0.249 e. The third kappa shape index (κ3) is 2.84. The summed E-state index contributed by atoms with van der Waals surface area (Å²) >= 11 is 0. The first kappa shape index (κ1) is 12.9. The monoisotopic (exact) mass is 246 g/mol. The zero-order chi connectivity index (χ0) is 13.1. The molecule has 1 fully saturated rings. The number of nitrogens with two attached hydrogens (primary N) is 1. The van der Waals surface area contributed by atoms with Crippen LogP contribution in [0.1, 0.15) is 48.5 Å². The van der Waals surface area contributed by atoms with Crippen LogP contribution in [0.25, 0.3) is 0 Å². The molecule has 0 spiro atoms. The third-order valence-electron chi connectivity index (χ3n) is 3.73. The molecule has 0 heterocycles. The molecule has 0 radical (unpaired) electrons. The van der Waals surface area contributed by atoms with Crippen LogP contribution in [0.15, 0.2) is 18.2 Å². The zero-order valence-corrected chi connectivity index (χ0v) is 11.2. The molecule has 0 bridgehead atoms. The maximum absolute atomic E-state index is 11.3. The van der Waals surface area contributed by atoms with E-state index in [1.807, 2.05) is 19.1 Å². The molecule has 1 saturated carbocycles. The Bertz CT molecular complexity index is 438. The molecule has 0 aliphatic heterocycles. The van der Waals surface area contributed by atoms with E-state index < -0.39 is 0 Å². The molecule has 1 unspecified atom stereocenters. The van der Waals surface area contributed by atoms with Crippen molar-refractivity contribution in [2.45, 2.75) is 45.6 Å². The van der Waals surface area contributed by atoms with E-state index in [4.69, 9.17) is 5.73 Å². The Kier molecular flexibility index (Phi) is 3.90. The van der Waals surface area contributed by atoms with Crippen LogP contribution < -0.4 is 11.1 Å². The fourth-order valence-corrected chi connectivity index (χ4v) is 2.49. The van der Waals surface area contributed by atoms with Gasteiger partial charge < -0.3 is 11.1 Å². The van der Waals surface area contributed by atoms with E-state index in [0.29, 0.717) is 11.6 Å². The van der Waals surface area contributed by atoms with Gasteiger partial charge in [-0.15, -0.1) is 0 Å². The molecule has 1 atom stereocenters. The fraction of sp³-hybridized carbons (Fsp3) is 0.533. The van der Waals surface area contributed by atoms with E-state index in [9.17, 15) is 4.79 Å². The van der Waals surface area contributed by atoms with Gasteiger partial charge in [0.05, 0.1) is 0 Å². The van der Waals surface area contributed by atoms with Crippen LogP contribution in [0.3, 0.4) is 0 Å². The highest BCUT2D eigenvalue weighted by molar-refractivity contribution is 5.95. The van der Waals surface area contributed by atoms with Crippen molar-refractivity contribution >= 4 is 11.6 Å². The lowest BCUT2D eigenvalue weighted by Gasteiger charge is -2.21. The Balaban J connectivity index is 2.17. The number of rotatable bonds is 6.